The Balaban J connectivity index is 1.58. The summed E-state index contributed by atoms with van der Waals surface area (Å²) in [5.41, 5.74) is 1.65. The molecule has 26 heavy (non-hydrogen) atoms. The molecule has 0 aromatic heterocycles. The van der Waals surface area contributed by atoms with Gasteiger partial charge in [-0.3, -0.25) is 9.59 Å². The van der Waals surface area contributed by atoms with Gasteiger partial charge in [0.05, 0.1) is 28.6 Å². The Morgan fingerprint density at radius 2 is 2.12 bits per heavy atom. The standard InChI is InChI=1S/C18H13N3O4S/c19-8-11-2-1-3-13(6-11)20-16(22)9-25-18(24)12-4-5-15-14(7-12)21-17(23)10-26-15/h1-7H,9-10H2,(H,20,22)(H,21,23). The number of anilines is 2. The Morgan fingerprint density at radius 1 is 1.27 bits per heavy atom. The zero-order chi connectivity index (χ0) is 18.5. The molecule has 0 atom stereocenters. The zero-order valence-corrected chi connectivity index (χ0v) is 14.3. The Bertz CT molecular complexity index is 936. The molecule has 8 heteroatoms. The van der Waals surface area contributed by atoms with Gasteiger partial charge in [-0.2, -0.15) is 5.26 Å². The summed E-state index contributed by atoms with van der Waals surface area (Å²) in [4.78, 5) is 36.3. The number of benzene rings is 2. The summed E-state index contributed by atoms with van der Waals surface area (Å²) in [5.74, 6) is -0.981. The normalized spacial score (nSPS) is 12.3. The van der Waals surface area contributed by atoms with Gasteiger partial charge < -0.3 is 15.4 Å². The number of hydrogen-bond donors (Lipinski definition) is 2. The Hall–Kier alpha value is -3.31. The topological polar surface area (TPSA) is 108 Å². The molecule has 2 aromatic rings. The fourth-order valence-corrected chi connectivity index (χ4v) is 3.08. The van der Waals surface area contributed by atoms with Gasteiger partial charge in [-0.15, -0.1) is 11.8 Å². The number of rotatable bonds is 4. The summed E-state index contributed by atoms with van der Waals surface area (Å²) in [6, 6.07) is 13.2. The summed E-state index contributed by atoms with van der Waals surface area (Å²) >= 11 is 1.39. The van der Waals surface area contributed by atoms with Crippen LogP contribution >= 0.6 is 11.8 Å². The predicted molar refractivity (Wildman–Crippen MR) is 95.9 cm³/mol. The van der Waals surface area contributed by atoms with Crippen LogP contribution in [0, 0.1) is 11.3 Å². The van der Waals surface area contributed by atoms with Crippen LogP contribution in [-0.4, -0.2) is 30.1 Å². The molecule has 1 aliphatic heterocycles. The molecular weight excluding hydrogens is 354 g/mol. The van der Waals surface area contributed by atoms with Gasteiger partial charge in [0.1, 0.15) is 0 Å². The lowest BCUT2D eigenvalue weighted by atomic mass is 10.2. The summed E-state index contributed by atoms with van der Waals surface area (Å²) < 4.78 is 5.00. The Kier molecular flexibility index (Phi) is 5.20. The maximum Gasteiger partial charge on any atom is 0.338 e. The highest BCUT2D eigenvalue weighted by Gasteiger charge is 2.18. The van der Waals surface area contributed by atoms with Gasteiger partial charge in [-0.05, 0) is 36.4 Å². The summed E-state index contributed by atoms with van der Waals surface area (Å²) in [6.07, 6.45) is 0. The third-order valence-electron chi connectivity index (χ3n) is 3.46. The van der Waals surface area contributed by atoms with Crippen molar-refractivity contribution >= 4 is 40.9 Å². The number of nitrogens with one attached hydrogen (secondary N) is 2. The van der Waals surface area contributed by atoms with E-state index in [1.165, 1.54) is 23.9 Å². The monoisotopic (exact) mass is 367 g/mol. The number of fused-ring (bicyclic) bond motifs is 1. The van der Waals surface area contributed by atoms with E-state index in [9.17, 15) is 14.4 Å². The van der Waals surface area contributed by atoms with Crippen molar-refractivity contribution in [2.24, 2.45) is 0 Å². The van der Waals surface area contributed by atoms with Crippen LogP contribution in [0.15, 0.2) is 47.4 Å². The Morgan fingerprint density at radius 3 is 2.92 bits per heavy atom. The van der Waals surface area contributed by atoms with Crippen LogP contribution in [0.5, 0.6) is 0 Å². The number of amides is 2. The average Bonchev–Trinajstić information content (AvgIpc) is 2.65. The lowest BCUT2D eigenvalue weighted by molar-refractivity contribution is -0.119. The van der Waals surface area contributed by atoms with Crippen molar-refractivity contribution in [2.75, 3.05) is 23.0 Å². The lowest BCUT2D eigenvalue weighted by Crippen LogP contribution is -2.22. The van der Waals surface area contributed by atoms with Crippen LogP contribution in [0.25, 0.3) is 0 Å². The second-order valence-electron chi connectivity index (χ2n) is 5.36. The van der Waals surface area contributed by atoms with E-state index in [1.54, 1.807) is 30.3 Å². The first-order valence-corrected chi connectivity index (χ1v) is 8.57. The number of hydrogen-bond acceptors (Lipinski definition) is 6. The first kappa shape index (κ1) is 17.5. The van der Waals surface area contributed by atoms with E-state index in [-0.39, 0.29) is 11.5 Å². The van der Waals surface area contributed by atoms with E-state index in [2.05, 4.69) is 10.6 Å². The third-order valence-corrected chi connectivity index (χ3v) is 4.53. The fraction of sp³-hybridized carbons (Fsp3) is 0.111. The van der Waals surface area contributed by atoms with Crippen LogP contribution in [0.1, 0.15) is 15.9 Å². The van der Waals surface area contributed by atoms with Crippen molar-refractivity contribution in [3.63, 3.8) is 0 Å². The van der Waals surface area contributed by atoms with Gasteiger partial charge in [-0.25, -0.2) is 4.79 Å². The van der Waals surface area contributed by atoms with Crippen molar-refractivity contribution in [2.45, 2.75) is 4.90 Å². The van der Waals surface area contributed by atoms with E-state index in [0.717, 1.165) is 4.90 Å². The van der Waals surface area contributed by atoms with Crippen molar-refractivity contribution in [1.82, 2.24) is 0 Å². The van der Waals surface area contributed by atoms with E-state index < -0.39 is 18.5 Å². The van der Waals surface area contributed by atoms with Crippen molar-refractivity contribution in [3.8, 4) is 6.07 Å². The lowest BCUT2D eigenvalue weighted by Gasteiger charge is -2.16. The van der Waals surface area contributed by atoms with Gasteiger partial charge in [0, 0.05) is 10.6 Å². The van der Waals surface area contributed by atoms with Gasteiger partial charge in [0.15, 0.2) is 6.61 Å². The largest absolute Gasteiger partial charge is 0.452 e. The number of ether oxygens (including phenoxy) is 1. The maximum atomic E-state index is 12.1. The molecule has 0 saturated carbocycles. The number of nitriles is 1. The van der Waals surface area contributed by atoms with Gasteiger partial charge >= 0.3 is 5.97 Å². The van der Waals surface area contributed by atoms with Gasteiger partial charge in [-0.1, -0.05) is 6.07 Å². The van der Waals surface area contributed by atoms with E-state index in [1.807, 2.05) is 6.07 Å². The summed E-state index contributed by atoms with van der Waals surface area (Å²) in [5, 5.41) is 14.1. The van der Waals surface area contributed by atoms with Crippen LogP contribution in [0.4, 0.5) is 11.4 Å². The SMILES string of the molecule is N#Cc1cccc(NC(=O)COC(=O)c2ccc3c(c2)NC(=O)CS3)c1. The van der Waals surface area contributed by atoms with Crippen LogP contribution in [0.3, 0.4) is 0 Å². The molecule has 130 valence electrons. The van der Waals surface area contributed by atoms with Gasteiger partial charge in [0.2, 0.25) is 5.91 Å². The number of thioether (sulfide) groups is 1. The Labute approximate surface area is 153 Å². The van der Waals surface area contributed by atoms with Crippen LogP contribution in [0.2, 0.25) is 0 Å². The molecule has 3 rings (SSSR count). The molecule has 0 unspecified atom stereocenters. The molecule has 0 bridgehead atoms. The molecule has 1 aliphatic rings. The van der Waals surface area contributed by atoms with Crippen molar-refractivity contribution in [1.29, 1.82) is 5.26 Å². The van der Waals surface area contributed by atoms with Crippen LogP contribution < -0.4 is 10.6 Å². The quantitative estimate of drug-likeness (QED) is 0.804. The fourth-order valence-electron chi connectivity index (χ4n) is 2.29. The number of nitrogens with zero attached hydrogens (tertiary/aromatic N) is 1. The molecule has 0 fully saturated rings. The first-order valence-electron chi connectivity index (χ1n) is 7.59. The highest BCUT2D eigenvalue weighted by atomic mass is 32.2. The minimum atomic E-state index is -0.668. The molecule has 0 saturated heterocycles. The summed E-state index contributed by atoms with van der Waals surface area (Å²) in [7, 11) is 0. The average molecular weight is 367 g/mol. The minimum absolute atomic E-state index is 0.132. The van der Waals surface area contributed by atoms with E-state index in [4.69, 9.17) is 10.00 Å². The number of carbonyl (C=O) groups is 3. The van der Waals surface area contributed by atoms with E-state index in [0.29, 0.717) is 22.7 Å². The molecular formula is C18H13N3O4S. The first-order chi connectivity index (χ1) is 12.5. The molecule has 2 aromatic carbocycles. The van der Waals surface area contributed by atoms with Crippen LogP contribution in [-0.2, 0) is 14.3 Å². The summed E-state index contributed by atoms with van der Waals surface area (Å²) in [6.45, 7) is -0.464. The van der Waals surface area contributed by atoms with E-state index >= 15 is 0 Å². The minimum Gasteiger partial charge on any atom is -0.452 e. The number of esters is 1. The molecule has 2 amide bonds. The van der Waals surface area contributed by atoms with Gasteiger partial charge in [0.25, 0.3) is 5.91 Å². The molecule has 0 radical (unpaired) electrons. The molecule has 0 spiro atoms. The number of carbonyl (C=O) groups excluding carboxylic acids is 3. The molecule has 1 heterocycles. The highest BCUT2D eigenvalue weighted by molar-refractivity contribution is 8.00. The smallest absolute Gasteiger partial charge is 0.338 e. The zero-order valence-electron chi connectivity index (χ0n) is 13.4. The maximum absolute atomic E-state index is 12.1. The highest BCUT2D eigenvalue weighted by Crippen LogP contribution is 2.32. The van der Waals surface area contributed by atoms with Crippen molar-refractivity contribution < 1.29 is 19.1 Å². The molecule has 7 nitrogen and oxygen atoms in total. The second-order valence-corrected chi connectivity index (χ2v) is 6.38. The molecule has 0 aliphatic carbocycles. The third kappa shape index (κ3) is 4.20. The second kappa shape index (κ2) is 7.72. The van der Waals surface area contributed by atoms with Crippen molar-refractivity contribution in [3.05, 3.63) is 53.6 Å². The molecule has 2 N–H and O–H groups in total. The predicted octanol–water partition coefficient (Wildman–Crippen LogP) is 2.40.